The number of carbonyl (C=O) groups is 1. The van der Waals surface area contributed by atoms with Crippen molar-refractivity contribution in [1.29, 1.82) is 0 Å². The molecule has 0 atom stereocenters. The average Bonchev–Trinajstić information content (AvgIpc) is 2.43. The van der Waals surface area contributed by atoms with Crippen molar-refractivity contribution in [3.8, 4) is 0 Å². The number of rotatable bonds is 5. The Labute approximate surface area is 116 Å². The quantitative estimate of drug-likeness (QED) is 0.893. The Morgan fingerprint density at radius 2 is 1.45 bits per heavy atom. The van der Waals surface area contributed by atoms with E-state index in [1.165, 1.54) is 12.1 Å². The van der Waals surface area contributed by atoms with Gasteiger partial charge in [0.25, 0.3) is 0 Å². The molecule has 0 aliphatic carbocycles. The van der Waals surface area contributed by atoms with Crippen LogP contribution in [0.5, 0.6) is 0 Å². The van der Waals surface area contributed by atoms with E-state index >= 15 is 0 Å². The lowest BCUT2D eigenvalue weighted by Crippen LogP contribution is -2.27. The molecule has 0 saturated heterocycles. The van der Waals surface area contributed by atoms with Crippen LogP contribution in [0.25, 0.3) is 0 Å². The molecule has 0 heterocycles. The van der Waals surface area contributed by atoms with Crippen molar-refractivity contribution < 1.29 is 13.6 Å². The van der Waals surface area contributed by atoms with Crippen molar-refractivity contribution in [2.24, 2.45) is 0 Å². The minimum absolute atomic E-state index is 0.00998. The van der Waals surface area contributed by atoms with Crippen LogP contribution in [0.15, 0.2) is 48.5 Å². The fourth-order valence-electron chi connectivity index (χ4n) is 1.91. The average molecular weight is 275 g/mol. The summed E-state index contributed by atoms with van der Waals surface area (Å²) in [6, 6.07) is 12.6. The molecule has 20 heavy (non-hydrogen) atoms. The Morgan fingerprint density at radius 3 is 2.05 bits per heavy atom. The SMILES string of the molecule is O=C(Cc1ccccc1F)NCCc1ccccc1F. The van der Waals surface area contributed by atoms with Crippen LogP contribution in [0.1, 0.15) is 11.1 Å². The van der Waals surface area contributed by atoms with Crippen LogP contribution in [-0.2, 0) is 17.6 Å². The van der Waals surface area contributed by atoms with Crippen molar-refractivity contribution in [2.75, 3.05) is 6.54 Å². The molecule has 2 nitrogen and oxygen atoms in total. The van der Waals surface area contributed by atoms with Gasteiger partial charge in [-0.2, -0.15) is 0 Å². The van der Waals surface area contributed by atoms with Crippen LogP contribution in [0, 0.1) is 11.6 Å². The number of halogens is 2. The molecule has 0 unspecified atom stereocenters. The first-order valence-corrected chi connectivity index (χ1v) is 6.40. The Morgan fingerprint density at radius 1 is 0.900 bits per heavy atom. The summed E-state index contributed by atoms with van der Waals surface area (Å²) < 4.78 is 26.7. The molecule has 0 spiro atoms. The van der Waals surface area contributed by atoms with Crippen molar-refractivity contribution in [3.05, 3.63) is 71.3 Å². The third kappa shape index (κ3) is 3.88. The van der Waals surface area contributed by atoms with Gasteiger partial charge in [-0.15, -0.1) is 0 Å². The number of hydrogen-bond donors (Lipinski definition) is 1. The topological polar surface area (TPSA) is 29.1 Å². The van der Waals surface area contributed by atoms with Gasteiger partial charge < -0.3 is 5.32 Å². The minimum atomic E-state index is -0.392. The van der Waals surface area contributed by atoms with E-state index in [4.69, 9.17) is 0 Å². The minimum Gasteiger partial charge on any atom is -0.355 e. The molecule has 0 aliphatic rings. The standard InChI is InChI=1S/C16H15F2NO/c17-14-7-3-1-5-12(14)9-10-19-16(20)11-13-6-2-4-8-15(13)18/h1-8H,9-11H2,(H,19,20). The Hall–Kier alpha value is -2.23. The zero-order chi connectivity index (χ0) is 14.4. The van der Waals surface area contributed by atoms with E-state index in [0.717, 1.165) is 0 Å². The monoisotopic (exact) mass is 275 g/mol. The van der Waals surface area contributed by atoms with Crippen LogP contribution >= 0.6 is 0 Å². The number of carbonyl (C=O) groups excluding carboxylic acids is 1. The summed E-state index contributed by atoms with van der Waals surface area (Å²) in [4.78, 5) is 11.7. The maximum Gasteiger partial charge on any atom is 0.224 e. The predicted molar refractivity (Wildman–Crippen MR) is 73.2 cm³/mol. The van der Waals surface area contributed by atoms with Crippen molar-refractivity contribution in [3.63, 3.8) is 0 Å². The zero-order valence-electron chi connectivity index (χ0n) is 10.9. The van der Waals surface area contributed by atoms with Crippen LogP contribution in [0.2, 0.25) is 0 Å². The summed E-state index contributed by atoms with van der Waals surface area (Å²) in [7, 11) is 0. The van der Waals surface area contributed by atoms with E-state index in [2.05, 4.69) is 5.32 Å². The molecule has 1 N–H and O–H groups in total. The fourth-order valence-corrected chi connectivity index (χ4v) is 1.91. The van der Waals surface area contributed by atoms with Gasteiger partial charge in [0.2, 0.25) is 5.91 Å². The molecule has 1 amide bonds. The van der Waals surface area contributed by atoms with Gasteiger partial charge in [-0.1, -0.05) is 36.4 Å². The molecule has 2 rings (SSSR count). The lowest BCUT2D eigenvalue weighted by Gasteiger charge is -2.06. The lowest BCUT2D eigenvalue weighted by atomic mass is 10.1. The summed E-state index contributed by atoms with van der Waals surface area (Å²) in [5.41, 5.74) is 0.912. The molecule has 0 bridgehead atoms. The highest BCUT2D eigenvalue weighted by molar-refractivity contribution is 5.78. The third-order valence-corrected chi connectivity index (χ3v) is 2.98. The maximum atomic E-state index is 13.4. The van der Waals surface area contributed by atoms with Crippen LogP contribution < -0.4 is 5.32 Å². The molecule has 4 heteroatoms. The molecule has 0 saturated carbocycles. The summed E-state index contributed by atoms with van der Waals surface area (Å²) in [5.74, 6) is -0.945. The smallest absolute Gasteiger partial charge is 0.224 e. The van der Waals surface area contributed by atoms with Crippen molar-refractivity contribution >= 4 is 5.91 Å². The fraction of sp³-hybridized carbons (Fsp3) is 0.188. The molecular weight excluding hydrogens is 260 g/mol. The summed E-state index contributed by atoms with van der Waals surface area (Å²) in [5, 5.41) is 2.66. The van der Waals surface area contributed by atoms with Crippen molar-refractivity contribution in [1.82, 2.24) is 5.32 Å². The van der Waals surface area contributed by atoms with E-state index in [1.807, 2.05) is 0 Å². The van der Waals surface area contributed by atoms with Gasteiger partial charge in [-0.25, -0.2) is 8.78 Å². The number of benzene rings is 2. The Bertz CT molecular complexity index is 599. The van der Waals surface area contributed by atoms with E-state index in [9.17, 15) is 13.6 Å². The normalized spacial score (nSPS) is 10.3. The molecule has 2 aromatic carbocycles. The van der Waals surface area contributed by atoms with E-state index < -0.39 is 5.82 Å². The van der Waals surface area contributed by atoms with E-state index in [-0.39, 0.29) is 18.1 Å². The van der Waals surface area contributed by atoms with Gasteiger partial charge >= 0.3 is 0 Å². The molecule has 0 radical (unpaired) electrons. The second-order valence-electron chi connectivity index (χ2n) is 4.46. The predicted octanol–water partition coefficient (Wildman–Crippen LogP) is 2.87. The van der Waals surface area contributed by atoms with Crippen LogP contribution in [0.4, 0.5) is 8.78 Å². The zero-order valence-corrected chi connectivity index (χ0v) is 10.9. The number of hydrogen-bond acceptors (Lipinski definition) is 1. The van der Waals surface area contributed by atoms with Crippen LogP contribution in [0.3, 0.4) is 0 Å². The lowest BCUT2D eigenvalue weighted by molar-refractivity contribution is -0.120. The molecule has 0 aromatic heterocycles. The van der Waals surface area contributed by atoms with Gasteiger partial charge in [0.1, 0.15) is 11.6 Å². The summed E-state index contributed by atoms with van der Waals surface area (Å²) >= 11 is 0. The van der Waals surface area contributed by atoms with Gasteiger partial charge in [0.15, 0.2) is 0 Å². The van der Waals surface area contributed by atoms with Crippen molar-refractivity contribution in [2.45, 2.75) is 12.8 Å². The van der Waals surface area contributed by atoms with Gasteiger partial charge in [0.05, 0.1) is 6.42 Å². The Balaban J connectivity index is 1.82. The first-order chi connectivity index (χ1) is 9.66. The highest BCUT2D eigenvalue weighted by atomic mass is 19.1. The van der Waals surface area contributed by atoms with Gasteiger partial charge in [-0.3, -0.25) is 4.79 Å². The second kappa shape index (κ2) is 6.80. The molecule has 2 aromatic rings. The number of amides is 1. The largest absolute Gasteiger partial charge is 0.355 e. The molecular formula is C16H15F2NO. The first kappa shape index (κ1) is 14.2. The maximum absolute atomic E-state index is 13.4. The highest BCUT2D eigenvalue weighted by Gasteiger charge is 2.07. The van der Waals surface area contributed by atoms with E-state index in [0.29, 0.717) is 24.1 Å². The van der Waals surface area contributed by atoms with Gasteiger partial charge in [-0.05, 0) is 29.7 Å². The number of nitrogens with one attached hydrogen (secondary N) is 1. The molecule has 104 valence electrons. The highest BCUT2D eigenvalue weighted by Crippen LogP contribution is 2.08. The second-order valence-corrected chi connectivity index (χ2v) is 4.46. The van der Waals surface area contributed by atoms with Crippen LogP contribution in [-0.4, -0.2) is 12.5 Å². The first-order valence-electron chi connectivity index (χ1n) is 6.40. The van der Waals surface area contributed by atoms with E-state index in [1.54, 1.807) is 36.4 Å². The third-order valence-electron chi connectivity index (χ3n) is 2.98. The Kier molecular flexibility index (Phi) is 4.82. The van der Waals surface area contributed by atoms with Gasteiger partial charge in [0, 0.05) is 6.54 Å². The molecule has 0 aliphatic heterocycles. The molecule has 0 fully saturated rings. The summed E-state index contributed by atoms with van der Waals surface area (Å²) in [6.07, 6.45) is 0.402. The summed E-state index contributed by atoms with van der Waals surface area (Å²) in [6.45, 7) is 0.328.